The second kappa shape index (κ2) is 4.19. The molecule has 1 aromatic carbocycles. The monoisotopic (exact) mass is 180 g/mol. The van der Waals surface area contributed by atoms with E-state index in [-0.39, 0.29) is 5.82 Å². The number of allylic oxidation sites excluding steroid dienone is 1. The molecular weight excluding hydrogens is 167 g/mol. The van der Waals surface area contributed by atoms with Crippen LogP contribution in [-0.4, -0.2) is 5.11 Å². The maximum atomic E-state index is 13.0. The van der Waals surface area contributed by atoms with Crippen LogP contribution in [0.3, 0.4) is 0 Å². The molecule has 0 saturated carbocycles. The molecule has 0 spiro atoms. The van der Waals surface area contributed by atoms with Crippen LogP contribution < -0.4 is 0 Å². The van der Waals surface area contributed by atoms with Crippen LogP contribution in [-0.2, 0) is 0 Å². The van der Waals surface area contributed by atoms with E-state index in [0.29, 0.717) is 5.56 Å². The van der Waals surface area contributed by atoms with Crippen LogP contribution in [0.15, 0.2) is 24.3 Å². The van der Waals surface area contributed by atoms with E-state index in [1.165, 1.54) is 12.1 Å². The van der Waals surface area contributed by atoms with Crippen molar-refractivity contribution in [2.75, 3.05) is 0 Å². The van der Waals surface area contributed by atoms with Gasteiger partial charge in [0, 0.05) is 0 Å². The maximum Gasteiger partial charge on any atom is 0.124 e. The molecule has 0 amide bonds. The average Bonchev–Trinajstić information content (AvgIpc) is 2.03. The SMILES string of the molecule is CC=Cc1cc(F)cc(C(C)O)c1. The molecule has 1 unspecified atom stereocenters. The van der Waals surface area contributed by atoms with E-state index in [1.807, 2.05) is 13.0 Å². The smallest absolute Gasteiger partial charge is 0.124 e. The zero-order valence-electron chi connectivity index (χ0n) is 7.79. The van der Waals surface area contributed by atoms with Crippen molar-refractivity contribution in [1.29, 1.82) is 0 Å². The predicted molar refractivity (Wildman–Crippen MR) is 51.7 cm³/mol. The molecular formula is C11H13FO. The second-order valence-corrected chi connectivity index (χ2v) is 2.99. The fourth-order valence-electron chi connectivity index (χ4n) is 1.17. The molecule has 70 valence electrons. The van der Waals surface area contributed by atoms with Gasteiger partial charge in [-0.25, -0.2) is 4.39 Å². The standard InChI is InChI=1S/C11H13FO/c1-3-4-9-5-10(8(2)13)7-11(12)6-9/h3-8,13H,1-2H3. The Hall–Kier alpha value is -1.15. The Bertz CT molecular complexity index is 316. The van der Waals surface area contributed by atoms with Crippen molar-refractivity contribution >= 4 is 6.08 Å². The topological polar surface area (TPSA) is 20.2 Å². The Morgan fingerprint density at radius 1 is 1.38 bits per heavy atom. The van der Waals surface area contributed by atoms with Gasteiger partial charge in [-0.3, -0.25) is 0 Å². The van der Waals surface area contributed by atoms with Gasteiger partial charge in [-0.15, -0.1) is 0 Å². The van der Waals surface area contributed by atoms with Gasteiger partial charge in [0.15, 0.2) is 0 Å². The minimum absolute atomic E-state index is 0.313. The number of rotatable bonds is 2. The van der Waals surface area contributed by atoms with Crippen molar-refractivity contribution in [1.82, 2.24) is 0 Å². The molecule has 0 aliphatic heterocycles. The van der Waals surface area contributed by atoms with E-state index in [9.17, 15) is 9.50 Å². The molecule has 1 aromatic rings. The van der Waals surface area contributed by atoms with Crippen LogP contribution >= 0.6 is 0 Å². The number of hydrogen-bond acceptors (Lipinski definition) is 1. The summed E-state index contributed by atoms with van der Waals surface area (Å²) in [5, 5.41) is 9.25. The zero-order valence-corrected chi connectivity index (χ0v) is 7.79. The third kappa shape index (κ3) is 2.67. The normalized spacial score (nSPS) is 13.5. The Kier molecular flexibility index (Phi) is 3.20. The fourth-order valence-corrected chi connectivity index (χ4v) is 1.17. The third-order valence-corrected chi connectivity index (χ3v) is 1.78. The maximum absolute atomic E-state index is 13.0. The first-order valence-electron chi connectivity index (χ1n) is 4.24. The Morgan fingerprint density at radius 3 is 2.62 bits per heavy atom. The van der Waals surface area contributed by atoms with Crippen molar-refractivity contribution in [2.45, 2.75) is 20.0 Å². The van der Waals surface area contributed by atoms with E-state index in [4.69, 9.17) is 0 Å². The van der Waals surface area contributed by atoms with Gasteiger partial charge >= 0.3 is 0 Å². The highest BCUT2D eigenvalue weighted by Crippen LogP contribution is 2.16. The van der Waals surface area contributed by atoms with Crippen LogP contribution in [0.2, 0.25) is 0 Å². The van der Waals surface area contributed by atoms with E-state index in [0.717, 1.165) is 5.56 Å². The van der Waals surface area contributed by atoms with Crippen LogP contribution in [0.5, 0.6) is 0 Å². The van der Waals surface area contributed by atoms with E-state index >= 15 is 0 Å². The summed E-state index contributed by atoms with van der Waals surface area (Å²) in [7, 11) is 0. The second-order valence-electron chi connectivity index (χ2n) is 2.99. The summed E-state index contributed by atoms with van der Waals surface area (Å²) in [6, 6.07) is 4.55. The number of aliphatic hydroxyl groups is 1. The number of benzene rings is 1. The highest BCUT2D eigenvalue weighted by atomic mass is 19.1. The minimum atomic E-state index is -0.625. The van der Waals surface area contributed by atoms with Gasteiger partial charge in [0.1, 0.15) is 5.82 Å². The predicted octanol–water partition coefficient (Wildman–Crippen LogP) is 2.91. The molecule has 0 aromatic heterocycles. The lowest BCUT2D eigenvalue weighted by molar-refractivity contribution is 0.199. The molecule has 1 nitrogen and oxygen atoms in total. The number of halogens is 1. The summed E-state index contributed by atoms with van der Waals surface area (Å²) >= 11 is 0. The first kappa shape index (κ1) is 9.93. The summed E-state index contributed by atoms with van der Waals surface area (Å²) in [6.45, 7) is 3.49. The molecule has 2 heteroatoms. The largest absolute Gasteiger partial charge is 0.389 e. The molecule has 0 bridgehead atoms. The summed E-state index contributed by atoms with van der Waals surface area (Å²) in [5.41, 5.74) is 1.38. The van der Waals surface area contributed by atoms with Gasteiger partial charge in [-0.2, -0.15) is 0 Å². The molecule has 0 aliphatic rings. The zero-order chi connectivity index (χ0) is 9.84. The van der Waals surface area contributed by atoms with Crippen LogP contribution in [0, 0.1) is 5.82 Å². The summed E-state index contributed by atoms with van der Waals surface area (Å²) < 4.78 is 13.0. The molecule has 0 aliphatic carbocycles. The van der Waals surface area contributed by atoms with Crippen LogP contribution in [0.25, 0.3) is 6.08 Å². The molecule has 0 radical (unpaired) electrons. The average molecular weight is 180 g/mol. The van der Waals surface area contributed by atoms with Gasteiger partial charge in [0.05, 0.1) is 6.10 Å². The lowest BCUT2D eigenvalue weighted by Crippen LogP contribution is -1.92. The highest BCUT2D eigenvalue weighted by molar-refractivity contribution is 5.50. The fraction of sp³-hybridized carbons (Fsp3) is 0.273. The first-order valence-corrected chi connectivity index (χ1v) is 4.24. The van der Waals surface area contributed by atoms with Crippen LogP contribution in [0.1, 0.15) is 31.1 Å². The number of hydrogen-bond donors (Lipinski definition) is 1. The van der Waals surface area contributed by atoms with Crippen molar-refractivity contribution in [3.63, 3.8) is 0 Å². The van der Waals surface area contributed by atoms with Crippen molar-refractivity contribution in [3.8, 4) is 0 Å². The van der Waals surface area contributed by atoms with Crippen molar-refractivity contribution < 1.29 is 9.50 Å². The Labute approximate surface area is 77.5 Å². The van der Waals surface area contributed by atoms with Crippen molar-refractivity contribution in [3.05, 3.63) is 41.2 Å². The minimum Gasteiger partial charge on any atom is -0.389 e. The molecule has 0 saturated heterocycles. The summed E-state index contributed by atoms with van der Waals surface area (Å²) in [5.74, 6) is -0.313. The summed E-state index contributed by atoms with van der Waals surface area (Å²) in [4.78, 5) is 0. The molecule has 13 heavy (non-hydrogen) atoms. The molecule has 1 rings (SSSR count). The van der Waals surface area contributed by atoms with Gasteiger partial charge in [-0.1, -0.05) is 12.2 Å². The lowest BCUT2D eigenvalue weighted by atomic mass is 10.1. The Morgan fingerprint density at radius 2 is 2.08 bits per heavy atom. The van der Waals surface area contributed by atoms with Crippen molar-refractivity contribution in [2.24, 2.45) is 0 Å². The number of aliphatic hydroxyl groups excluding tert-OH is 1. The van der Waals surface area contributed by atoms with E-state index in [2.05, 4.69) is 0 Å². The highest BCUT2D eigenvalue weighted by Gasteiger charge is 2.03. The van der Waals surface area contributed by atoms with E-state index in [1.54, 1.807) is 19.1 Å². The third-order valence-electron chi connectivity index (χ3n) is 1.78. The molecule has 0 fully saturated rings. The first-order chi connectivity index (χ1) is 6.13. The Balaban J connectivity index is 3.11. The van der Waals surface area contributed by atoms with Gasteiger partial charge in [-0.05, 0) is 43.2 Å². The molecule has 1 N–H and O–H groups in total. The molecule has 0 heterocycles. The van der Waals surface area contributed by atoms with Gasteiger partial charge < -0.3 is 5.11 Å². The quantitative estimate of drug-likeness (QED) is 0.741. The van der Waals surface area contributed by atoms with Gasteiger partial charge in [0.2, 0.25) is 0 Å². The van der Waals surface area contributed by atoms with Crippen LogP contribution in [0.4, 0.5) is 4.39 Å². The lowest BCUT2D eigenvalue weighted by Gasteiger charge is -2.05. The summed E-state index contributed by atoms with van der Waals surface area (Å²) in [6.07, 6.45) is 3.01. The molecule has 1 atom stereocenters. The van der Waals surface area contributed by atoms with Gasteiger partial charge in [0.25, 0.3) is 0 Å². The van der Waals surface area contributed by atoms with E-state index < -0.39 is 6.10 Å².